The first-order valence-corrected chi connectivity index (χ1v) is 15.3. The van der Waals surface area contributed by atoms with Crippen molar-refractivity contribution in [2.75, 3.05) is 21.2 Å². The van der Waals surface area contributed by atoms with Crippen molar-refractivity contribution in [2.24, 2.45) is 44.3 Å². The minimum Gasteiger partial charge on any atom is -0.469 e. The molecular weight excluding hydrogens is 530 g/mol. The fourth-order valence-corrected chi connectivity index (χ4v) is 10.7. The Labute approximate surface area is 250 Å². The molecule has 0 amide bonds. The van der Waals surface area contributed by atoms with Gasteiger partial charge in [-0.25, -0.2) is 10.4 Å². The van der Waals surface area contributed by atoms with E-state index in [0.29, 0.717) is 38.4 Å². The fraction of sp³-hybridized carbons (Fsp3) is 0.735. The van der Waals surface area contributed by atoms with Gasteiger partial charge in [-0.15, -0.1) is 0 Å². The third-order valence-corrected chi connectivity index (χ3v) is 13.2. The van der Waals surface area contributed by atoms with E-state index in [4.69, 9.17) is 4.74 Å². The smallest absolute Gasteiger partial charge is 0.312 e. The molecule has 0 radical (unpaired) electrons. The molecule has 8 atom stereocenters. The quantitative estimate of drug-likeness (QED) is 0.220. The van der Waals surface area contributed by atoms with Crippen LogP contribution in [-0.4, -0.2) is 55.6 Å². The number of allylic oxidation sites excluding steroid dienone is 2. The predicted molar refractivity (Wildman–Crippen MR) is 157 cm³/mol. The van der Waals surface area contributed by atoms with Crippen LogP contribution in [0.2, 0.25) is 0 Å². The molecule has 0 spiro atoms. The first kappa shape index (κ1) is 30.8. The molecule has 2 unspecified atom stereocenters. The number of Topliss-reactive ketones (excluding diaryl/α,β-unsaturated/α-hetero) is 1. The van der Waals surface area contributed by atoms with Crippen LogP contribution in [0.5, 0.6) is 0 Å². The summed E-state index contributed by atoms with van der Waals surface area (Å²) in [5.41, 5.74) is -0.933. The molecule has 0 aliphatic heterocycles. The summed E-state index contributed by atoms with van der Waals surface area (Å²) >= 11 is 0. The zero-order chi connectivity index (χ0) is 31.3. The summed E-state index contributed by atoms with van der Waals surface area (Å²) in [6, 6.07) is 2.07. The summed E-state index contributed by atoms with van der Waals surface area (Å²) in [5, 5.41) is 11.8. The van der Waals surface area contributed by atoms with Crippen molar-refractivity contribution in [1.29, 1.82) is 5.26 Å². The predicted octanol–water partition coefficient (Wildman–Crippen LogP) is 4.75. The van der Waals surface area contributed by atoms with Crippen LogP contribution in [0.25, 0.3) is 0 Å². The highest BCUT2D eigenvalue weighted by molar-refractivity contribution is 6.13. The molecule has 1 N–H and O–H groups in total. The highest BCUT2D eigenvalue weighted by atomic mass is 16.5. The van der Waals surface area contributed by atoms with Crippen LogP contribution in [0.15, 0.2) is 23.3 Å². The van der Waals surface area contributed by atoms with Crippen LogP contribution in [0.4, 0.5) is 0 Å². The molecule has 0 aromatic rings. The molecule has 0 saturated heterocycles. The van der Waals surface area contributed by atoms with Crippen molar-refractivity contribution in [1.82, 2.24) is 10.4 Å². The summed E-state index contributed by atoms with van der Waals surface area (Å²) in [5.74, 6) is -1.20. The second-order valence-corrected chi connectivity index (χ2v) is 15.7. The first-order valence-electron chi connectivity index (χ1n) is 15.3. The lowest BCUT2D eigenvalue weighted by Crippen LogP contribution is -2.77. The van der Waals surface area contributed by atoms with E-state index in [1.807, 2.05) is 21.0 Å². The number of carbonyl (C=O) groups excluding carboxylic acids is 4. The molecule has 5 aliphatic rings. The van der Waals surface area contributed by atoms with Gasteiger partial charge in [-0.2, -0.15) is 5.26 Å². The molecule has 5 aliphatic carbocycles. The maximum absolute atomic E-state index is 14.7. The maximum atomic E-state index is 14.7. The second-order valence-electron chi connectivity index (χ2n) is 15.7. The summed E-state index contributed by atoms with van der Waals surface area (Å²) in [6.45, 7) is 12.5. The van der Waals surface area contributed by atoms with E-state index < -0.39 is 38.4 Å². The first-order chi connectivity index (χ1) is 19.4. The van der Waals surface area contributed by atoms with E-state index >= 15 is 0 Å². The molecule has 42 heavy (non-hydrogen) atoms. The number of ketones is 2. The van der Waals surface area contributed by atoms with Gasteiger partial charge in [0.1, 0.15) is 17.8 Å². The Bertz CT molecular complexity index is 1370. The van der Waals surface area contributed by atoms with E-state index in [9.17, 15) is 24.4 Å². The van der Waals surface area contributed by atoms with Crippen molar-refractivity contribution >= 4 is 23.8 Å². The van der Waals surface area contributed by atoms with Crippen LogP contribution < -0.4 is 5.43 Å². The number of nitrogens with one attached hydrogen (secondary N) is 1. The molecule has 0 aromatic heterocycles. The van der Waals surface area contributed by atoms with Crippen molar-refractivity contribution in [3.63, 3.8) is 0 Å². The second kappa shape index (κ2) is 9.19. The van der Waals surface area contributed by atoms with Crippen LogP contribution in [0.1, 0.15) is 86.5 Å². The lowest BCUT2D eigenvalue weighted by Gasteiger charge is -2.71. The molecule has 3 fully saturated rings. The fourth-order valence-electron chi connectivity index (χ4n) is 10.7. The Hall–Kier alpha value is -2.63. The summed E-state index contributed by atoms with van der Waals surface area (Å²) in [7, 11) is 5.12. The molecule has 5 rings (SSSR count). The zero-order valence-corrected chi connectivity index (χ0v) is 26.8. The van der Waals surface area contributed by atoms with Gasteiger partial charge in [0.15, 0.2) is 11.6 Å². The zero-order valence-electron chi connectivity index (χ0n) is 26.8. The van der Waals surface area contributed by atoms with Crippen molar-refractivity contribution in [2.45, 2.75) is 92.0 Å². The number of aldehydes is 1. The Morgan fingerprint density at radius 3 is 2.26 bits per heavy atom. The Balaban J connectivity index is 1.77. The van der Waals surface area contributed by atoms with E-state index in [1.165, 1.54) is 7.11 Å². The Morgan fingerprint density at radius 1 is 1.05 bits per heavy atom. The Kier molecular flexibility index (Phi) is 6.74. The van der Waals surface area contributed by atoms with Gasteiger partial charge >= 0.3 is 5.97 Å². The van der Waals surface area contributed by atoms with Crippen LogP contribution in [-0.2, 0) is 23.9 Å². The molecule has 0 bridgehead atoms. The minimum atomic E-state index is -1.53. The molecular formula is C34H47N3O5. The van der Waals surface area contributed by atoms with Gasteiger partial charge in [-0.1, -0.05) is 40.7 Å². The van der Waals surface area contributed by atoms with E-state index in [2.05, 4.69) is 39.2 Å². The highest BCUT2D eigenvalue weighted by Crippen LogP contribution is 2.75. The van der Waals surface area contributed by atoms with Gasteiger partial charge < -0.3 is 9.53 Å². The van der Waals surface area contributed by atoms with Gasteiger partial charge in [0.2, 0.25) is 0 Å². The number of esters is 1. The number of hydrogen-bond donors (Lipinski definition) is 1. The number of rotatable bonds is 4. The summed E-state index contributed by atoms with van der Waals surface area (Å²) < 4.78 is 5.42. The number of hydrogen-bond acceptors (Lipinski definition) is 8. The van der Waals surface area contributed by atoms with Crippen LogP contribution in [0.3, 0.4) is 0 Å². The van der Waals surface area contributed by atoms with Crippen LogP contribution in [0, 0.1) is 55.7 Å². The van der Waals surface area contributed by atoms with Gasteiger partial charge in [0.05, 0.1) is 23.6 Å². The van der Waals surface area contributed by atoms with Crippen molar-refractivity contribution in [3.8, 4) is 6.07 Å². The van der Waals surface area contributed by atoms with Gasteiger partial charge in [-0.3, -0.25) is 14.4 Å². The number of fused-ring (bicyclic) bond motifs is 7. The van der Waals surface area contributed by atoms with Crippen molar-refractivity contribution in [3.05, 3.63) is 23.3 Å². The average Bonchev–Trinajstić information content (AvgIpc) is 2.92. The standard InChI is InChI=1S/C34H47N3O5/c1-28(2)10-13-33(27(41)42-9)14-11-30(4)25(22(33)18-28)23(39)16-24-29(30,3)12-15-34(36-37(7)8)31(24,5)17-21(19-35)26(40)32(34,6)20-38/h16-17,20,22,25,36H,10-15,18H2,1-9H3/t22?,25?,29-,30-,31-,32-,33+,34+/m1/s1. The minimum absolute atomic E-state index is 0.000792. The SMILES string of the molecule is COC(=O)[C@]12CCC(C)(C)CC1C1C(=O)C=C3[C@@]4(C)C=C(C#N)C(=O)[C@@](C)(C=O)[C@]4(NN(C)C)CC[C@@]3(C)[C@]1(C)CC2. The summed E-state index contributed by atoms with van der Waals surface area (Å²) in [4.78, 5) is 54.8. The molecule has 8 nitrogen and oxygen atoms in total. The molecule has 3 saturated carbocycles. The number of carbonyl (C=O) groups is 4. The average molecular weight is 578 g/mol. The largest absolute Gasteiger partial charge is 0.469 e. The third kappa shape index (κ3) is 3.47. The molecule has 0 aromatic carbocycles. The number of nitriles is 1. The Morgan fingerprint density at radius 2 is 1.69 bits per heavy atom. The maximum Gasteiger partial charge on any atom is 0.312 e. The topological polar surface area (TPSA) is 117 Å². The highest BCUT2D eigenvalue weighted by Gasteiger charge is 2.75. The number of methoxy groups -OCH3 is 1. The molecule has 0 heterocycles. The van der Waals surface area contributed by atoms with E-state index in [1.54, 1.807) is 24.1 Å². The summed E-state index contributed by atoms with van der Waals surface area (Å²) in [6.07, 6.45) is 9.07. The van der Waals surface area contributed by atoms with Crippen LogP contribution >= 0.6 is 0 Å². The lowest BCUT2D eigenvalue weighted by molar-refractivity contribution is -0.193. The van der Waals surface area contributed by atoms with Gasteiger partial charge in [-0.05, 0) is 85.7 Å². The lowest BCUT2D eigenvalue weighted by atomic mass is 9.33. The number of hydrazine groups is 1. The van der Waals surface area contributed by atoms with Gasteiger partial charge in [0, 0.05) is 25.4 Å². The van der Waals surface area contributed by atoms with E-state index in [-0.39, 0.29) is 34.6 Å². The monoisotopic (exact) mass is 577 g/mol. The normalized spacial score (nSPS) is 45.7. The number of ether oxygens (including phenoxy) is 1. The van der Waals surface area contributed by atoms with E-state index in [0.717, 1.165) is 18.4 Å². The number of nitrogens with zero attached hydrogens (tertiary/aromatic N) is 2. The molecule has 228 valence electrons. The van der Waals surface area contributed by atoms with Gasteiger partial charge in [0.25, 0.3) is 0 Å². The molecule has 8 heteroatoms. The van der Waals surface area contributed by atoms with Crippen molar-refractivity contribution < 1.29 is 23.9 Å². The third-order valence-electron chi connectivity index (χ3n) is 13.2.